The SMILES string of the molecule is O=C(Cc1cccc(OC(F)(F)F)c1)Nc1nc(-c2ccncc2)cs1. The number of halogens is 3. The van der Waals surface area contributed by atoms with Crippen LogP contribution in [0.2, 0.25) is 0 Å². The number of benzene rings is 1. The van der Waals surface area contributed by atoms with Crippen molar-refractivity contribution in [2.45, 2.75) is 12.8 Å². The number of nitrogens with zero attached hydrogens (tertiary/aromatic N) is 2. The molecule has 0 bridgehead atoms. The van der Waals surface area contributed by atoms with Gasteiger partial charge in [0.1, 0.15) is 5.75 Å². The summed E-state index contributed by atoms with van der Waals surface area (Å²) in [5.74, 6) is -0.748. The fourth-order valence-electron chi connectivity index (χ4n) is 2.19. The van der Waals surface area contributed by atoms with Crippen LogP contribution in [-0.2, 0) is 11.2 Å². The monoisotopic (exact) mass is 379 g/mol. The van der Waals surface area contributed by atoms with Crippen LogP contribution in [0.5, 0.6) is 5.75 Å². The molecule has 0 spiro atoms. The Balaban J connectivity index is 1.63. The van der Waals surface area contributed by atoms with Gasteiger partial charge in [0.2, 0.25) is 5.91 Å². The van der Waals surface area contributed by atoms with Gasteiger partial charge in [0.05, 0.1) is 12.1 Å². The molecule has 2 aromatic heterocycles. The molecular weight excluding hydrogens is 367 g/mol. The molecule has 5 nitrogen and oxygen atoms in total. The van der Waals surface area contributed by atoms with Crippen molar-refractivity contribution in [3.63, 3.8) is 0 Å². The molecule has 0 unspecified atom stereocenters. The van der Waals surface area contributed by atoms with E-state index in [1.165, 1.54) is 29.5 Å². The lowest BCUT2D eigenvalue weighted by Crippen LogP contribution is -2.17. The Bertz CT molecular complexity index is 898. The number of aromatic nitrogens is 2. The van der Waals surface area contributed by atoms with Gasteiger partial charge in [-0.15, -0.1) is 24.5 Å². The minimum Gasteiger partial charge on any atom is -0.406 e. The maximum Gasteiger partial charge on any atom is 0.573 e. The molecule has 0 fully saturated rings. The summed E-state index contributed by atoms with van der Waals surface area (Å²) in [5.41, 5.74) is 1.97. The number of anilines is 1. The third kappa shape index (κ3) is 5.03. The van der Waals surface area contributed by atoms with Gasteiger partial charge < -0.3 is 10.1 Å². The van der Waals surface area contributed by atoms with Gasteiger partial charge in [-0.1, -0.05) is 12.1 Å². The molecule has 9 heteroatoms. The van der Waals surface area contributed by atoms with Crippen molar-refractivity contribution in [1.29, 1.82) is 0 Å². The molecule has 0 aliphatic rings. The number of ether oxygens (including phenoxy) is 1. The highest BCUT2D eigenvalue weighted by Gasteiger charge is 2.31. The molecule has 3 rings (SSSR count). The molecular formula is C17H12F3N3O2S. The van der Waals surface area contributed by atoms with E-state index in [4.69, 9.17) is 0 Å². The number of carbonyl (C=O) groups is 1. The molecule has 1 aromatic carbocycles. The Hall–Kier alpha value is -2.94. The zero-order chi connectivity index (χ0) is 18.6. The fraction of sp³-hybridized carbons (Fsp3) is 0.118. The highest BCUT2D eigenvalue weighted by molar-refractivity contribution is 7.14. The predicted molar refractivity (Wildman–Crippen MR) is 90.8 cm³/mol. The Labute approximate surface area is 150 Å². The van der Waals surface area contributed by atoms with E-state index in [1.807, 2.05) is 0 Å². The minimum absolute atomic E-state index is 0.0980. The molecule has 0 saturated heterocycles. The number of carbonyl (C=O) groups excluding carboxylic acids is 1. The molecule has 0 atom stereocenters. The van der Waals surface area contributed by atoms with Gasteiger partial charge in [-0.2, -0.15) is 0 Å². The lowest BCUT2D eigenvalue weighted by atomic mass is 10.1. The number of hydrogen-bond acceptors (Lipinski definition) is 5. The molecule has 1 amide bonds. The molecule has 1 N–H and O–H groups in total. The van der Waals surface area contributed by atoms with E-state index in [0.29, 0.717) is 16.4 Å². The first-order valence-corrected chi connectivity index (χ1v) is 8.27. The topological polar surface area (TPSA) is 64.1 Å². The molecule has 2 heterocycles. The summed E-state index contributed by atoms with van der Waals surface area (Å²) < 4.78 is 40.6. The Morgan fingerprint density at radius 1 is 1.19 bits per heavy atom. The van der Waals surface area contributed by atoms with Crippen LogP contribution in [0.3, 0.4) is 0 Å². The van der Waals surface area contributed by atoms with Gasteiger partial charge in [-0.25, -0.2) is 4.98 Å². The van der Waals surface area contributed by atoms with Crippen molar-refractivity contribution in [2.24, 2.45) is 0 Å². The first-order valence-electron chi connectivity index (χ1n) is 7.39. The number of alkyl halides is 3. The Morgan fingerprint density at radius 3 is 2.69 bits per heavy atom. The van der Waals surface area contributed by atoms with E-state index in [9.17, 15) is 18.0 Å². The van der Waals surface area contributed by atoms with Gasteiger partial charge in [0.25, 0.3) is 0 Å². The van der Waals surface area contributed by atoms with Crippen LogP contribution < -0.4 is 10.1 Å². The standard InChI is InChI=1S/C17H12F3N3O2S/c18-17(19,20)25-13-3-1-2-11(8-13)9-15(24)23-16-22-14(10-26-16)12-4-6-21-7-5-12/h1-8,10H,9H2,(H,22,23,24). The minimum atomic E-state index is -4.77. The van der Waals surface area contributed by atoms with Crippen LogP contribution in [0.4, 0.5) is 18.3 Å². The number of pyridine rings is 1. The number of thiazole rings is 1. The second-order valence-corrected chi connectivity index (χ2v) is 6.05. The van der Waals surface area contributed by atoms with Gasteiger partial charge >= 0.3 is 6.36 Å². The lowest BCUT2D eigenvalue weighted by Gasteiger charge is -2.09. The molecule has 0 aliphatic heterocycles. The van der Waals surface area contributed by atoms with Crippen molar-refractivity contribution in [2.75, 3.05) is 5.32 Å². The highest BCUT2D eigenvalue weighted by Crippen LogP contribution is 2.25. The summed E-state index contributed by atoms with van der Waals surface area (Å²) in [7, 11) is 0. The summed E-state index contributed by atoms with van der Waals surface area (Å²) in [6.07, 6.45) is -1.59. The van der Waals surface area contributed by atoms with Crippen molar-refractivity contribution in [3.8, 4) is 17.0 Å². The molecule has 3 aromatic rings. The first kappa shape index (κ1) is 17.9. The quantitative estimate of drug-likeness (QED) is 0.719. The lowest BCUT2D eigenvalue weighted by molar-refractivity contribution is -0.274. The maximum absolute atomic E-state index is 12.3. The van der Waals surface area contributed by atoms with Gasteiger partial charge in [0.15, 0.2) is 5.13 Å². The summed E-state index contributed by atoms with van der Waals surface area (Å²) in [4.78, 5) is 20.3. The zero-order valence-corrected chi connectivity index (χ0v) is 14.0. The molecule has 0 saturated carbocycles. The molecule has 26 heavy (non-hydrogen) atoms. The van der Waals surface area contributed by atoms with Crippen LogP contribution in [0.25, 0.3) is 11.3 Å². The maximum atomic E-state index is 12.3. The average Bonchev–Trinajstić information content (AvgIpc) is 3.02. The van der Waals surface area contributed by atoms with Gasteiger partial charge in [0, 0.05) is 23.3 Å². The summed E-state index contributed by atoms with van der Waals surface area (Å²) in [5, 5.41) is 4.84. The van der Waals surface area contributed by atoms with Crippen LogP contribution in [0, 0.1) is 0 Å². The third-order valence-electron chi connectivity index (χ3n) is 3.22. The van der Waals surface area contributed by atoms with Crippen LogP contribution in [-0.4, -0.2) is 22.2 Å². The van der Waals surface area contributed by atoms with Crippen molar-refractivity contribution < 1.29 is 22.7 Å². The van der Waals surface area contributed by atoms with Gasteiger partial charge in [-0.3, -0.25) is 9.78 Å². The van der Waals surface area contributed by atoms with Crippen LogP contribution in [0.15, 0.2) is 54.2 Å². The predicted octanol–water partition coefficient (Wildman–Crippen LogP) is 4.28. The summed E-state index contributed by atoms with van der Waals surface area (Å²) in [6, 6.07) is 8.90. The van der Waals surface area contributed by atoms with E-state index < -0.39 is 6.36 Å². The van der Waals surface area contributed by atoms with E-state index in [1.54, 1.807) is 36.0 Å². The van der Waals surface area contributed by atoms with E-state index in [0.717, 1.165) is 5.56 Å². The van der Waals surface area contributed by atoms with E-state index in [2.05, 4.69) is 20.0 Å². The first-order chi connectivity index (χ1) is 12.4. The third-order valence-corrected chi connectivity index (χ3v) is 3.98. The van der Waals surface area contributed by atoms with Crippen molar-refractivity contribution in [1.82, 2.24) is 9.97 Å². The average molecular weight is 379 g/mol. The fourth-order valence-corrected chi connectivity index (χ4v) is 2.92. The van der Waals surface area contributed by atoms with E-state index >= 15 is 0 Å². The summed E-state index contributed by atoms with van der Waals surface area (Å²) >= 11 is 1.26. The Morgan fingerprint density at radius 2 is 1.96 bits per heavy atom. The van der Waals surface area contributed by atoms with Gasteiger partial charge in [-0.05, 0) is 29.8 Å². The second-order valence-electron chi connectivity index (χ2n) is 5.19. The smallest absolute Gasteiger partial charge is 0.406 e. The second kappa shape index (κ2) is 7.52. The number of amides is 1. The van der Waals surface area contributed by atoms with Crippen LogP contribution >= 0.6 is 11.3 Å². The zero-order valence-electron chi connectivity index (χ0n) is 13.2. The summed E-state index contributed by atoms with van der Waals surface area (Å²) in [6.45, 7) is 0. The Kier molecular flexibility index (Phi) is 5.17. The number of hydrogen-bond donors (Lipinski definition) is 1. The molecule has 0 radical (unpaired) electrons. The largest absolute Gasteiger partial charge is 0.573 e. The van der Waals surface area contributed by atoms with Crippen LogP contribution in [0.1, 0.15) is 5.56 Å². The number of nitrogens with one attached hydrogen (secondary N) is 1. The molecule has 134 valence electrons. The highest BCUT2D eigenvalue weighted by atomic mass is 32.1. The normalized spacial score (nSPS) is 11.2. The van der Waals surface area contributed by atoms with Crippen molar-refractivity contribution in [3.05, 3.63) is 59.7 Å². The molecule has 0 aliphatic carbocycles. The van der Waals surface area contributed by atoms with E-state index in [-0.39, 0.29) is 18.1 Å². The van der Waals surface area contributed by atoms with Crippen molar-refractivity contribution >= 4 is 22.4 Å². The number of rotatable bonds is 5.